The monoisotopic (exact) mass is 365 g/mol. The van der Waals surface area contributed by atoms with Gasteiger partial charge in [-0.2, -0.15) is 0 Å². The third kappa shape index (κ3) is 3.55. The summed E-state index contributed by atoms with van der Waals surface area (Å²) in [4.78, 5) is 0. The second-order valence-electron chi connectivity index (χ2n) is 6.35. The highest BCUT2D eigenvalue weighted by molar-refractivity contribution is 5.79. The van der Waals surface area contributed by atoms with Gasteiger partial charge < -0.3 is 0 Å². The number of aromatic nitrogens is 3. The Morgan fingerprint density at radius 3 is 2.00 bits per heavy atom. The zero-order chi connectivity index (χ0) is 20.1. The van der Waals surface area contributed by atoms with E-state index in [4.69, 9.17) is 0 Å². The first-order valence-electron chi connectivity index (χ1n) is 8.99. The van der Waals surface area contributed by atoms with Crippen LogP contribution in [0.3, 0.4) is 0 Å². The van der Waals surface area contributed by atoms with Gasteiger partial charge in [0.25, 0.3) is 0 Å². The molecule has 3 nitrogen and oxygen atoms in total. The normalized spacial score (nSPS) is 10.2. The first kappa shape index (κ1) is 19.1. The van der Waals surface area contributed by atoms with Crippen molar-refractivity contribution in [2.75, 3.05) is 0 Å². The summed E-state index contributed by atoms with van der Waals surface area (Å²) in [5, 5.41) is 8.98. The SMILES string of the molecule is C=CC(C=C)=C(C=C)C(=C)n1c(-c2ccccc2)nnc1-c1cccc(C)c1. The predicted octanol–water partition coefficient (Wildman–Crippen LogP) is 6.25. The van der Waals surface area contributed by atoms with Crippen LogP contribution in [-0.2, 0) is 0 Å². The molecule has 0 atom stereocenters. The Balaban J connectivity index is 2.30. The van der Waals surface area contributed by atoms with Crippen molar-refractivity contribution < 1.29 is 0 Å². The lowest BCUT2D eigenvalue weighted by atomic mass is 10.0. The highest BCUT2D eigenvalue weighted by Gasteiger charge is 2.19. The molecule has 28 heavy (non-hydrogen) atoms. The minimum absolute atomic E-state index is 0.713. The fraction of sp³-hybridized carbons (Fsp3) is 0.0400. The molecule has 138 valence electrons. The van der Waals surface area contributed by atoms with Crippen LogP contribution in [0.1, 0.15) is 5.56 Å². The van der Waals surface area contributed by atoms with E-state index >= 15 is 0 Å². The Bertz CT molecular complexity index is 1070. The fourth-order valence-electron chi connectivity index (χ4n) is 3.11. The van der Waals surface area contributed by atoms with E-state index in [1.807, 2.05) is 47.0 Å². The minimum Gasteiger partial charge on any atom is -0.275 e. The van der Waals surface area contributed by atoms with Crippen LogP contribution in [0, 0.1) is 6.92 Å². The molecule has 0 amide bonds. The zero-order valence-electron chi connectivity index (χ0n) is 16.1. The van der Waals surface area contributed by atoms with Gasteiger partial charge in [0.15, 0.2) is 11.6 Å². The standard InChI is InChI=1S/C25H23N3/c1-6-20(7-2)23(8-3)19(5)28-24(21-14-10-9-11-15-21)26-27-25(28)22-16-12-13-18(4)17-22/h6-17H,1-3,5H2,4H3. The first-order chi connectivity index (χ1) is 13.6. The summed E-state index contributed by atoms with van der Waals surface area (Å²) >= 11 is 0. The van der Waals surface area contributed by atoms with Gasteiger partial charge in [-0.25, -0.2) is 0 Å². The summed E-state index contributed by atoms with van der Waals surface area (Å²) in [6.45, 7) is 18.1. The Hall–Kier alpha value is -3.72. The molecule has 0 bridgehead atoms. The Kier molecular flexibility index (Phi) is 5.66. The quantitative estimate of drug-likeness (QED) is 0.464. The summed E-state index contributed by atoms with van der Waals surface area (Å²) in [6, 6.07) is 18.1. The molecule has 2 aromatic carbocycles. The topological polar surface area (TPSA) is 30.7 Å². The average molecular weight is 365 g/mol. The van der Waals surface area contributed by atoms with Crippen molar-refractivity contribution in [1.82, 2.24) is 14.8 Å². The lowest BCUT2D eigenvalue weighted by molar-refractivity contribution is 1.10. The van der Waals surface area contributed by atoms with Crippen molar-refractivity contribution in [2.24, 2.45) is 0 Å². The lowest BCUT2D eigenvalue weighted by Gasteiger charge is -2.16. The molecule has 3 rings (SSSR count). The van der Waals surface area contributed by atoms with Crippen LogP contribution < -0.4 is 0 Å². The summed E-state index contributed by atoms with van der Waals surface area (Å²) in [6.07, 6.45) is 5.25. The van der Waals surface area contributed by atoms with Crippen molar-refractivity contribution >= 4 is 5.70 Å². The molecular weight excluding hydrogens is 342 g/mol. The molecule has 1 heterocycles. The maximum Gasteiger partial charge on any atom is 0.168 e. The molecular formula is C25H23N3. The van der Waals surface area contributed by atoms with Crippen LogP contribution in [0.2, 0.25) is 0 Å². The summed E-state index contributed by atoms with van der Waals surface area (Å²) in [5.74, 6) is 1.44. The molecule has 0 aliphatic carbocycles. The Morgan fingerprint density at radius 1 is 0.821 bits per heavy atom. The van der Waals surface area contributed by atoms with Gasteiger partial charge in [0, 0.05) is 22.4 Å². The maximum atomic E-state index is 4.50. The van der Waals surface area contributed by atoms with Crippen molar-refractivity contribution in [2.45, 2.75) is 6.92 Å². The van der Waals surface area contributed by atoms with Gasteiger partial charge in [-0.3, -0.25) is 4.57 Å². The third-order valence-electron chi connectivity index (χ3n) is 4.51. The molecule has 3 aromatic rings. The highest BCUT2D eigenvalue weighted by atomic mass is 15.3. The van der Waals surface area contributed by atoms with Gasteiger partial charge in [-0.05, 0) is 18.6 Å². The number of nitrogens with zero attached hydrogens (tertiary/aromatic N) is 3. The van der Waals surface area contributed by atoms with Crippen molar-refractivity contribution in [3.8, 4) is 22.8 Å². The smallest absolute Gasteiger partial charge is 0.168 e. The molecule has 0 saturated carbocycles. The molecule has 0 radical (unpaired) electrons. The van der Waals surface area contributed by atoms with Gasteiger partial charge >= 0.3 is 0 Å². The molecule has 0 saturated heterocycles. The van der Waals surface area contributed by atoms with Crippen LogP contribution in [0.15, 0.2) is 110 Å². The zero-order valence-corrected chi connectivity index (χ0v) is 16.1. The number of hydrogen-bond acceptors (Lipinski definition) is 2. The van der Waals surface area contributed by atoms with E-state index in [1.54, 1.807) is 18.2 Å². The van der Waals surface area contributed by atoms with E-state index < -0.39 is 0 Å². The number of rotatable bonds is 7. The third-order valence-corrected chi connectivity index (χ3v) is 4.51. The average Bonchev–Trinajstić information content (AvgIpc) is 3.17. The molecule has 0 fully saturated rings. The number of benzene rings is 2. The Morgan fingerprint density at radius 2 is 1.43 bits per heavy atom. The van der Waals surface area contributed by atoms with Gasteiger partial charge in [-0.15, -0.1) is 10.2 Å². The highest BCUT2D eigenvalue weighted by Crippen LogP contribution is 2.32. The number of aryl methyl sites for hydroxylation is 1. The number of hydrogen-bond donors (Lipinski definition) is 0. The maximum absolute atomic E-state index is 4.50. The van der Waals surface area contributed by atoms with E-state index in [-0.39, 0.29) is 0 Å². The van der Waals surface area contributed by atoms with Gasteiger partial charge in [0.05, 0.1) is 0 Å². The summed E-state index contributed by atoms with van der Waals surface area (Å²) < 4.78 is 1.97. The molecule has 1 aromatic heterocycles. The van der Waals surface area contributed by atoms with Crippen LogP contribution in [0.25, 0.3) is 28.5 Å². The van der Waals surface area contributed by atoms with E-state index in [9.17, 15) is 0 Å². The van der Waals surface area contributed by atoms with Gasteiger partial charge in [0.2, 0.25) is 0 Å². The van der Waals surface area contributed by atoms with E-state index in [1.165, 1.54) is 0 Å². The molecule has 0 aliphatic rings. The molecule has 0 spiro atoms. The van der Waals surface area contributed by atoms with E-state index in [2.05, 4.69) is 55.6 Å². The second-order valence-corrected chi connectivity index (χ2v) is 6.35. The van der Waals surface area contributed by atoms with Crippen molar-refractivity contribution in [3.05, 3.63) is 116 Å². The predicted molar refractivity (Wildman–Crippen MR) is 119 cm³/mol. The first-order valence-corrected chi connectivity index (χ1v) is 8.99. The van der Waals surface area contributed by atoms with E-state index in [0.717, 1.165) is 33.7 Å². The minimum atomic E-state index is 0.713. The van der Waals surface area contributed by atoms with Crippen molar-refractivity contribution in [3.63, 3.8) is 0 Å². The molecule has 3 heteroatoms. The largest absolute Gasteiger partial charge is 0.275 e. The number of allylic oxidation sites excluding steroid dienone is 6. The molecule has 0 aliphatic heterocycles. The van der Waals surface area contributed by atoms with Gasteiger partial charge in [0.1, 0.15) is 0 Å². The van der Waals surface area contributed by atoms with E-state index in [0.29, 0.717) is 11.5 Å². The fourth-order valence-corrected chi connectivity index (χ4v) is 3.11. The van der Waals surface area contributed by atoms with Gasteiger partial charge in [-0.1, -0.05) is 98.6 Å². The Labute approximate surface area is 166 Å². The molecule has 0 unspecified atom stereocenters. The summed E-state index contributed by atoms with van der Waals surface area (Å²) in [5.41, 5.74) is 5.47. The van der Waals surface area contributed by atoms with Crippen LogP contribution in [-0.4, -0.2) is 14.8 Å². The lowest BCUT2D eigenvalue weighted by Crippen LogP contribution is -2.04. The van der Waals surface area contributed by atoms with Crippen LogP contribution in [0.4, 0.5) is 0 Å². The second kappa shape index (κ2) is 8.31. The van der Waals surface area contributed by atoms with Crippen LogP contribution in [0.5, 0.6) is 0 Å². The summed E-state index contributed by atoms with van der Waals surface area (Å²) in [7, 11) is 0. The van der Waals surface area contributed by atoms with Crippen LogP contribution >= 0.6 is 0 Å². The van der Waals surface area contributed by atoms with Crippen molar-refractivity contribution in [1.29, 1.82) is 0 Å². The molecule has 0 N–H and O–H groups in total.